The molecule has 27 heavy (non-hydrogen) atoms. The van der Waals surface area contributed by atoms with Crippen molar-refractivity contribution in [2.24, 2.45) is 5.73 Å². The number of nitrogens with two attached hydrogens (primary N) is 1. The topological polar surface area (TPSA) is 50.1 Å². The Balaban J connectivity index is 3.15. The van der Waals surface area contributed by atoms with E-state index in [9.17, 15) is 0 Å². The molecule has 2 unspecified atom stereocenters. The molecule has 3 nitrogen and oxygen atoms in total. The van der Waals surface area contributed by atoms with Gasteiger partial charge in [0.15, 0.2) is 0 Å². The van der Waals surface area contributed by atoms with Crippen molar-refractivity contribution in [1.29, 1.82) is 0 Å². The zero-order valence-corrected chi connectivity index (χ0v) is 18.9. The number of hydrogen-bond acceptors (Lipinski definition) is 3. The van der Waals surface area contributed by atoms with E-state index >= 15 is 0 Å². The van der Waals surface area contributed by atoms with Crippen LogP contribution in [-0.4, -0.2) is 31.7 Å². The first-order valence-corrected chi connectivity index (χ1v) is 12.0. The Hall–Kier alpha value is -0.380. The fourth-order valence-corrected chi connectivity index (χ4v) is 3.28. The molecule has 0 aliphatic rings. The lowest BCUT2D eigenvalue weighted by molar-refractivity contribution is 0.475. The minimum absolute atomic E-state index is 0.239. The van der Waals surface area contributed by atoms with Crippen LogP contribution in [0.5, 0.6) is 0 Å². The molecule has 0 aromatic carbocycles. The smallest absolute Gasteiger partial charge is 0.0164 e. The van der Waals surface area contributed by atoms with Crippen molar-refractivity contribution in [3.8, 4) is 0 Å². The summed E-state index contributed by atoms with van der Waals surface area (Å²) in [6.07, 6.45) is 24.0. The maximum Gasteiger partial charge on any atom is 0.0164 e. The molecule has 162 valence electrons. The third kappa shape index (κ3) is 23.6. The van der Waals surface area contributed by atoms with Crippen LogP contribution in [0.4, 0.5) is 0 Å². The Morgan fingerprint density at radius 2 is 1.22 bits per heavy atom. The normalized spacial score (nSPS) is 14.1. The lowest BCUT2D eigenvalue weighted by atomic mass is 10.1. The predicted octanol–water partition coefficient (Wildman–Crippen LogP) is 5.94. The van der Waals surface area contributed by atoms with Crippen LogP contribution in [0.25, 0.3) is 0 Å². The molecular weight excluding hydrogens is 330 g/mol. The fourth-order valence-electron chi connectivity index (χ4n) is 3.28. The van der Waals surface area contributed by atoms with Gasteiger partial charge < -0.3 is 16.4 Å². The number of allylic oxidation sites excluding steroid dienone is 2. The van der Waals surface area contributed by atoms with Gasteiger partial charge in [-0.2, -0.15) is 0 Å². The van der Waals surface area contributed by atoms with Gasteiger partial charge in [0.1, 0.15) is 0 Å². The van der Waals surface area contributed by atoms with Crippen LogP contribution in [0.15, 0.2) is 12.2 Å². The number of nitrogens with one attached hydrogen (secondary N) is 2. The molecule has 0 radical (unpaired) electrons. The van der Waals surface area contributed by atoms with Crippen molar-refractivity contribution >= 4 is 0 Å². The van der Waals surface area contributed by atoms with Gasteiger partial charge in [-0.1, -0.05) is 76.9 Å². The molecule has 0 aliphatic carbocycles. The Morgan fingerprint density at radius 3 is 1.78 bits per heavy atom. The molecule has 0 bridgehead atoms. The van der Waals surface area contributed by atoms with E-state index in [0.29, 0.717) is 6.04 Å². The van der Waals surface area contributed by atoms with E-state index in [1.54, 1.807) is 0 Å². The summed E-state index contributed by atoms with van der Waals surface area (Å²) in [6.45, 7) is 9.63. The second-order valence-electron chi connectivity index (χ2n) is 8.43. The second-order valence-corrected chi connectivity index (χ2v) is 8.43. The molecule has 0 aromatic rings. The molecule has 0 aromatic heterocycles. The van der Waals surface area contributed by atoms with Gasteiger partial charge in [0.2, 0.25) is 0 Å². The summed E-state index contributed by atoms with van der Waals surface area (Å²) < 4.78 is 0. The molecule has 0 rings (SSSR count). The maximum absolute atomic E-state index is 5.75. The lowest BCUT2D eigenvalue weighted by Crippen LogP contribution is -2.41. The van der Waals surface area contributed by atoms with E-state index in [2.05, 4.69) is 36.6 Å². The van der Waals surface area contributed by atoms with Crippen molar-refractivity contribution in [3.05, 3.63) is 12.2 Å². The van der Waals surface area contributed by atoms with Gasteiger partial charge in [-0.3, -0.25) is 0 Å². The van der Waals surface area contributed by atoms with Crippen LogP contribution in [-0.2, 0) is 0 Å². The Morgan fingerprint density at radius 1 is 0.704 bits per heavy atom. The van der Waals surface area contributed by atoms with Crippen LogP contribution in [0.1, 0.15) is 111 Å². The lowest BCUT2D eigenvalue weighted by Gasteiger charge is -2.16. The quantitative estimate of drug-likeness (QED) is 0.170. The fraction of sp³-hybridized carbons (Fsp3) is 0.917. The van der Waals surface area contributed by atoms with Crippen molar-refractivity contribution < 1.29 is 0 Å². The van der Waals surface area contributed by atoms with E-state index in [4.69, 9.17) is 5.73 Å². The third-order valence-electron chi connectivity index (χ3n) is 5.10. The van der Waals surface area contributed by atoms with Crippen LogP contribution in [0, 0.1) is 0 Å². The maximum atomic E-state index is 5.75. The van der Waals surface area contributed by atoms with E-state index in [-0.39, 0.29) is 6.04 Å². The Kier molecular flexibility index (Phi) is 21.6. The molecule has 3 heteroatoms. The molecule has 4 N–H and O–H groups in total. The van der Waals surface area contributed by atoms with Crippen LogP contribution in [0.3, 0.4) is 0 Å². The molecule has 0 aliphatic heterocycles. The van der Waals surface area contributed by atoms with E-state index in [1.807, 2.05) is 6.92 Å². The number of rotatable bonds is 21. The Bertz CT molecular complexity index is 302. The first kappa shape index (κ1) is 26.6. The summed E-state index contributed by atoms with van der Waals surface area (Å²) in [6, 6.07) is 0.744. The highest BCUT2D eigenvalue weighted by Gasteiger charge is 2.01. The van der Waals surface area contributed by atoms with Crippen LogP contribution >= 0.6 is 0 Å². The molecule has 0 amide bonds. The first-order chi connectivity index (χ1) is 13.2. The minimum atomic E-state index is 0.239. The van der Waals surface area contributed by atoms with E-state index < -0.39 is 0 Å². The zero-order chi connectivity index (χ0) is 20.0. The standard InChI is InChI=1S/C24H51N3/c1-4-5-6-7-8-9-10-11-12-13-14-15-16-17-18-19-20-26-22-24(3)27-21-23(2)25/h11-12,23-24,26-27H,4-10,13-22,25H2,1-3H3/b12-11-. The van der Waals surface area contributed by atoms with E-state index in [0.717, 1.165) is 19.6 Å². The van der Waals surface area contributed by atoms with Gasteiger partial charge in [-0.15, -0.1) is 0 Å². The molecule has 0 heterocycles. The highest BCUT2D eigenvalue weighted by molar-refractivity contribution is 4.81. The average molecular weight is 382 g/mol. The monoisotopic (exact) mass is 381 g/mol. The summed E-state index contributed by atoms with van der Waals surface area (Å²) in [5, 5.41) is 6.99. The third-order valence-corrected chi connectivity index (χ3v) is 5.10. The van der Waals surface area contributed by atoms with Crippen molar-refractivity contribution in [3.63, 3.8) is 0 Å². The predicted molar refractivity (Wildman–Crippen MR) is 123 cm³/mol. The summed E-state index contributed by atoms with van der Waals surface area (Å²) in [5.74, 6) is 0. The van der Waals surface area contributed by atoms with Crippen molar-refractivity contribution in [2.75, 3.05) is 19.6 Å². The summed E-state index contributed by atoms with van der Waals surface area (Å²) >= 11 is 0. The largest absolute Gasteiger partial charge is 0.327 e. The highest BCUT2D eigenvalue weighted by atomic mass is 15.0. The summed E-state index contributed by atoms with van der Waals surface area (Å²) in [5.41, 5.74) is 5.75. The molecule has 0 saturated carbocycles. The van der Waals surface area contributed by atoms with Gasteiger partial charge in [0.25, 0.3) is 0 Å². The average Bonchev–Trinajstić information content (AvgIpc) is 2.65. The van der Waals surface area contributed by atoms with Gasteiger partial charge in [0.05, 0.1) is 0 Å². The summed E-state index contributed by atoms with van der Waals surface area (Å²) in [7, 11) is 0. The first-order valence-electron chi connectivity index (χ1n) is 12.0. The zero-order valence-electron chi connectivity index (χ0n) is 18.9. The number of unbranched alkanes of at least 4 members (excludes halogenated alkanes) is 12. The second kappa shape index (κ2) is 21.9. The van der Waals surface area contributed by atoms with Crippen molar-refractivity contribution in [1.82, 2.24) is 10.6 Å². The summed E-state index contributed by atoms with van der Waals surface area (Å²) in [4.78, 5) is 0. The molecule has 2 atom stereocenters. The van der Waals surface area contributed by atoms with Gasteiger partial charge in [0, 0.05) is 25.2 Å². The minimum Gasteiger partial charge on any atom is -0.327 e. The van der Waals surface area contributed by atoms with Crippen molar-refractivity contribution in [2.45, 2.75) is 123 Å². The molecular formula is C24H51N3. The molecule has 0 spiro atoms. The SMILES string of the molecule is CCCCCCCC/C=C\CCCCCCCCNCC(C)NCC(C)N. The highest BCUT2D eigenvalue weighted by Crippen LogP contribution is 2.09. The van der Waals surface area contributed by atoms with Gasteiger partial charge in [-0.05, 0) is 52.5 Å². The molecule has 0 fully saturated rings. The van der Waals surface area contributed by atoms with Crippen LogP contribution in [0.2, 0.25) is 0 Å². The Labute approximate surface area is 171 Å². The number of hydrogen-bond donors (Lipinski definition) is 3. The van der Waals surface area contributed by atoms with Crippen LogP contribution < -0.4 is 16.4 Å². The molecule has 0 saturated heterocycles. The van der Waals surface area contributed by atoms with Gasteiger partial charge in [-0.25, -0.2) is 0 Å². The van der Waals surface area contributed by atoms with Gasteiger partial charge >= 0.3 is 0 Å². The van der Waals surface area contributed by atoms with E-state index in [1.165, 1.54) is 89.9 Å².